The lowest BCUT2D eigenvalue weighted by atomic mass is 10.2. The molecule has 1 N–H and O–H groups in total. The Balaban J connectivity index is 2.83. The Labute approximate surface area is 77.4 Å². The van der Waals surface area contributed by atoms with Gasteiger partial charge in [-0.2, -0.15) is 0 Å². The maximum Gasteiger partial charge on any atom is 0.173 e. The van der Waals surface area contributed by atoms with E-state index in [1.807, 2.05) is 25.7 Å². The molecule has 0 aromatic rings. The Bertz CT molecular complexity index is 225. The predicted octanol–water partition coefficient (Wildman–Crippen LogP) is 1.78. The SMILES string of the molecule is CC(C)N1C=C(F)C(=S)NC1C. The van der Waals surface area contributed by atoms with Crippen LogP contribution in [-0.2, 0) is 0 Å². The van der Waals surface area contributed by atoms with Crippen LogP contribution in [0.3, 0.4) is 0 Å². The van der Waals surface area contributed by atoms with Crippen molar-refractivity contribution in [1.82, 2.24) is 10.2 Å². The first-order valence-electron chi connectivity index (χ1n) is 3.98. The van der Waals surface area contributed by atoms with Crippen LogP contribution in [0.25, 0.3) is 0 Å². The number of halogens is 1. The maximum atomic E-state index is 13.0. The molecule has 1 aliphatic heterocycles. The molecule has 0 bridgehead atoms. The highest BCUT2D eigenvalue weighted by Gasteiger charge is 2.22. The lowest BCUT2D eigenvalue weighted by molar-refractivity contribution is 0.216. The van der Waals surface area contributed by atoms with Crippen molar-refractivity contribution < 1.29 is 4.39 Å². The van der Waals surface area contributed by atoms with E-state index in [1.54, 1.807) is 0 Å². The highest BCUT2D eigenvalue weighted by molar-refractivity contribution is 7.80. The smallest absolute Gasteiger partial charge is 0.173 e. The Kier molecular flexibility index (Phi) is 2.67. The summed E-state index contributed by atoms with van der Waals surface area (Å²) in [6.07, 6.45) is 1.55. The Morgan fingerprint density at radius 2 is 2.25 bits per heavy atom. The van der Waals surface area contributed by atoms with Crippen LogP contribution in [-0.4, -0.2) is 22.1 Å². The minimum atomic E-state index is -0.350. The van der Waals surface area contributed by atoms with Crippen molar-refractivity contribution in [2.45, 2.75) is 33.0 Å². The van der Waals surface area contributed by atoms with Crippen LogP contribution >= 0.6 is 12.2 Å². The third-order valence-corrected chi connectivity index (χ3v) is 2.18. The highest BCUT2D eigenvalue weighted by atomic mass is 32.1. The average Bonchev–Trinajstić information content (AvgIpc) is 1.96. The van der Waals surface area contributed by atoms with Crippen LogP contribution in [0.15, 0.2) is 12.0 Å². The Hall–Kier alpha value is -0.640. The number of nitrogens with zero attached hydrogens (tertiary/aromatic N) is 1. The molecule has 1 aliphatic rings. The largest absolute Gasteiger partial charge is 0.354 e. The highest BCUT2D eigenvalue weighted by Crippen LogP contribution is 2.14. The molecule has 0 spiro atoms. The molecule has 0 saturated carbocycles. The molecule has 1 heterocycles. The van der Waals surface area contributed by atoms with Crippen molar-refractivity contribution >= 4 is 17.2 Å². The molecule has 2 nitrogen and oxygen atoms in total. The van der Waals surface area contributed by atoms with Crippen LogP contribution in [0.5, 0.6) is 0 Å². The molecule has 0 amide bonds. The van der Waals surface area contributed by atoms with Gasteiger partial charge < -0.3 is 10.2 Å². The number of nitrogens with one attached hydrogen (secondary N) is 1. The number of rotatable bonds is 1. The van der Waals surface area contributed by atoms with E-state index in [-0.39, 0.29) is 23.0 Å². The first-order valence-corrected chi connectivity index (χ1v) is 4.39. The molecule has 4 heteroatoms. The van der Waals surface area contributed by atoms with Gasteiger partial charge >= 0.3 is 0 Å². The summed E-state index contributed by atoms with van der Waals surface area (Å²) in [4.78, 5) is 2.10. The first kappa shape index (κ1) is 9.45. The van der Waals surface area contributed by atoms with Crippen molar-refractivity contribution in [3.05, 3.63) is 12.0 Å². The minimum Gasteiger partial charge on any atom is -0.354 e. The van der Waals surface area contributed by atoms with E-state index in [0.29, 0.717) is 0 Å². The summed E-state index contributed by atoms with van der Waals surface area (Å²) >= 11 is 4.76. The fraction of sp³-hybridized carbons (Fsp3) is 0.625. The van der Waals surface area contributed by atoms with Crippen molar-refractivity contribution in [3.8, 4) is 0 Å². The third kappa shape index (κ3) is 1.75. The molecular formula is C8H13FN2S. The average molecular weight is 188 g/mol. The predicted molar refractivity (Wildman–Crippen MR) is 51.4 cm³/mol. The fourth-order valence-corrected chi connectivity index (χ4v) is 1.45. The molecule has 1 atom stereocenters. The topological polar surface area (TPSA) is 15.3 Å². The van der Waals surface area contributed by atoms with Gasteiger partial charge in [-0.15, -0.1) is 0 Å². The fourth-order valence-electron chi connectivity index (χ4n) is 1.23. The standard InChI is InChI=1S/C8H13FN2S/c1-5(2)11-4-7(9)8(12)10-6(11)3/h4-6H,1-3H3,(H,10,12). The van der Waals surface area contributed by atoms with E-state index in [9.17, 15) is 4.39 Å². The van der Waals surface area contributed by atoms with Gasteiger partial charge in [0.05, 0.1) is 6.17 Å². The van der Waals surface area contributed by atoms with Gasteiger partial charge in [0.1, 0.15) is 4.99 Å². The summed E-state index contributed by atoms with van der Waals surface area (Å²) in [5, 5.41) is 2.87. The van der Waals surface area contributed by atoms with E-state index in [2.05, 4.69) is 5.32 Å². The van der Waals surface area contributed by atoms with Gasteiger partial charge in [-0.05, 0) is 20.8 Å². The molecule has 12 heavy (non-hydrogen) atoms. The summed E-state index contributed by atoms with van der Waals surface area (Å²) < 4.78 is 13.0. The van der Waals surface area contributed by atoms with Gasteiger partial charge in [0.25, 0.3) is 0 Å². The van der Waals surface area contributed by atoms with Crippen LogP contribution in [0.4, 0.5) is 4.39 Å². The molecule has 68 valence electrons. The molecule has 0 aromatic carbocycles. The van der Waals surface area contributed by atoms with Gasteiger partial charge in [-0.3, -0.25) is 0 Å². The van der Waals surface area contributed by atoms with Gasteiger partial charge in [-0.1, -0.05) is 12.2 Å². The van der Waals surface area contributed by atoms with E-state index in [1.165, 1.54) is 6.20 Å². The van der Waals surface area contributed by atoms with Gasteiger partial charge in [0.15, 0.2) is 5.83 Å². The minimum absolute atomic E-state index is 0.0806. The summed E-state index contributed by atoms with van der Waals surface area (Å²) in [6, 6.07) is 0.279. The van der Waals surface area contributed by atoms with Gasteiger partial charge in [-0.25, -0.2) is 4.39 Å². The second-order valence-corrected chi connectivity index (χ2v) is 3.58. The maximum absolute atomic E-state index is 13.0. The Morgan fingerprint density at radius 3 is 2.75 bits per heavy atom. The second-order valence-electron chi connectivity index (χ2n) is 3.17. The second kappa shape index (κ2) is 3.39. The molecule has 0 fully saturated rings. The molecule has 0 aromatic heterocycles. The van der Waals surface area contributed by atoms with Crippen LogP contribution < -0.4 is 5.32 Å². The number of hydrogen-bond acceptors (Lipinski definition) is 2. The van der Waals surface area contributed by atoms with Gasteiger partial charge in [0.2, 0.25) is 0 Å². The zero-order valence-corrected chi connectivity index (χ0v) is 8.28. The third-order valence-electron chi connectivity index (χ3n) is 1.86. The molecule has 0 radical (unpaired) electrons. The van der Waals surface area contributed by atoms with Crippen molar-refractivity contribution in [1.29, 1.82) is 0 Å². The van der Waals surface area contributed by atoms with Crippen molar-refractivity contribution in [2.75, 3.05) is 0 Å². The number of hydrogen-bond donors (Lipinski definition) is 1. The molecule has 1 unspecified atom stereocenters. The first-order chi connectivity index (χ1) is 5.52. The van der Waals surface area contributed by atoms with E-state index in [4.69, 9.17) is 12.2 Å². The summed E-state index contributed by atoms with van der Waals surface area (Å²) in [5.74, 6) is -0.350. The zero-order chi connectivity index (χ0) is 9.30. The van der Waals surface area contributed by atoms with Crippen molar-refractivity contribution in [2.24, 2.45) is 0 Å². The van der Waals surface area contributed by atoms with Crippen LogP contribution in [0.1, 0.15) is 20.8 Å². The quantitative estimate of drug-likeness (QED) is 0.631. The lowest BCUT2D eigenvalue weighted by Crippen LogP contribution is -2.49. The zero-order valence-electron chi connectivity index (χ0n) is 7.47. The normalized spacial score (nSPS) is 24.1. The van der Waals surface area contributed by atoms with Crippen LogP contribution in [0.2, 0.25) is 0 Å². The molecule has 0 aliphatic carbocycles. The molecule has 0 saturated heterocycles. The van der Waals surface area contributed by atoms with Gasteiger partial charge in [0, 0.05) is 12.2 Å². The monoisotopic (exact) mass is 188 g/mol. The van der Waals surface area contributed by atoms with E-state index < -0.39 is 0 Å². The summed E-state index contributed by atoms with van der Waals surface area (Å²) in [7, 11) is 0. The van der Waals surface area contributed by atoms with Crippen LogP contribution in [0, 0.1) is 0 Å². The Morgan fingerprint density at radius 1 is 1.67 bits per heavy atom. The van der Waals surface area contributed by atoms with E-state index >= 15 is 0 Å². The van der Waals surface area contributed by atoms with Crippen molar-refractivity contribution in [3.63, 3.8) is 0 Å². The summed E-state index contributed by atoms with van der Waals surface area (Å²) in [5.41, 5.74) is 0. The summed E-state index contributed by atoms with van der Waals surface area (Å²) in [6.45, 7) is 5.97. The number of thiocarbonyl (C=S) groups is 1. The van der Waals surface area contributed by atoms with E-state index in [0.717, 1.165) is 0 Å². The molecular weight excluding hydrogens is 175 g/mol. The lowest BCUT2D eigenvalue weighted by Gasteiger charge is -2.35. The molecule has 1 rings (SSSR count).